The van der Waals surface area contributed by atoms with Gasteiger partial charge in [0, 0.05) is 18.2 Å². The number of hydrogen-bond donors (Lipinski definition) is 2. The van der Waals surface area contributed by atoms with Crippen LogP contribution in [0.25, 0.3) is 0 Å². The molecule has 0 unspecified atom stereocenters. The molecule has 1 fully saturated rings. The van der Waals surface area contributed by atoms with Gasteiger partial charge in [-0.05, 0) is 74.3 Å². The second-order valence-corrected chi connectivity index (χ2v) is 7.63. The van der Waals surface area contributed by atoms with Crippen LogP contribution in [-0.4, -0.2) is 43.5 Å². The molecule has 0 bridgehead atoms. The van der Waals surface area contributed by atoms with Gasteiger partial charge in [0.1, 0.15) is 11.6 Å². The minimum absolute atomic E-state index is 0.0154. The third-order valence-electron chi connectivity index (χ3n) is 5.40. The molecule has 2 amide bonds. The molecule has 2 N–H and O–H groups in total. The Balaban J connectivity index is 1.39. The van der Waals surface area contributed by atoms with E-state index in [9.17, 15) is 14.0 Å². The minimum atomic E-state index is -0.261. The van der Waals surface area contributed by atoms with Crippen LogP contribution >= 0.6 is 0 Å². The van der Waals surface area contributed by atoms with Crippen molar-refractivity contribution < 1.29 is 18.7 Å². The fraction of sp³-hybridized carbons (Fsp3) is 0.391. The molecule has 2 aromatic rings. The molecule has 2 aromatic carbocycles. The average molecular weight is 413 g/mol. The highest BCUT2D eigenvalue weighted by Gasteiger charge is 2.25. The number of nitrogens with one attached hydrogen (secondary N) is 2. The number of nitrogens with zero attached hydrogens (tertiary/aromatic N) is 1. The summed E-state index contributed by atoms with van der Waals surface area (Å²) in [5.41, 5.74) is 2.06. The number of anilines is 1. The summed E-state index contributed by atoms with van der Waals surface area (Å²) in [6.45, 7) is 3.70. The van der Waals surface area contributed by atoms with Crippen molar-refractivity contribution >= 4 is 17.5 Å². The summed E-state index contributed by atoms with van der Waals surface area (Å²) in [6.07, 6.45) is 1.40. The Morgan fingerprint density at radius 3 is 2.47 bits per heavy atom. The van der Waals surface area contributed by atoms with Crippen LogP contribution in [0, 0.1) is 18.7 Å². The van der Waals surface area contributed by atoms with Crippen LogP contribution in [0.2, 0.25) is 0 Å². The topological polar surface area (TPSA) is 70.7 Å². The number of carbonyl (C=O) groups is 2. The summed E-state index contributed by atoms with van der Waals surface area (Å²) in [7, 11) is 1.60. The lowest BCUT2D eigenvalue weighted by Crippen LogP contribution is -2.43. The van der Waals surface area contributed by atoms with E-state index in [1.165, 1.54) is 6.07 Å². The molecule has 1 aliphatic rings. The van der Waals surface area contributed by atoms with Gasteiger partial charge in [0.05, 0.1) is 13.7 Å². The van der Waals surface area contributed by atoms with Crippen LogP contribution in [0.15, 0.2) is 42.5 Å². The van der Waals surface area contributed by atoms with Crippen molar-refractivity contribution in [3.05, 3.63) is 59.4 Å². The number of piperidine rings is 1. The average Bonchev–Trinajstić information content (AvgIpc) is 2.75. The van der Waals surface area contributed by atoms with Gasteiger partial charge < -0.3 is 15.4 Å². The lowest BCUT2D eigenvalue weighted by atomic mass is 9.95. The highest BCUT2D eigenvalue weighted by molar-refractivity contribution is 5.92. The van der Waals surface area contributed by atoms with Gasteiger partial charge in [0.2, 0.25) is 11.8 Å². The van der Waals surface area contributed by atoms with Crippen molar-refractivity contribution in [2.75, 3.05) is 32.1 Å². The first kappa shape index (κ1) is 21.8. The Morgan fingerprint density at radius 2 is 1.83 bits per heavy atom. The number of amides is 2. The van der Waals surface area contributed by atoms with Gasteiger partial charge in [-0.25, -0.2) is 4.39 Å². The first-order valence-electron chi connectivity index (χ1n) is 10.1. The van der Waals surface area contributed by atoms with E-state index in [1.807, 2.05) is 6.07 Å². The maximum absolute atomic E-state index is 13.6. The van der Waals surface area contributed by atoms with Crippen LogP contribution in [-0.2, 0) is 16.1 Å². The van der Waals surface area contributed by atoms with E-state index in [2.05, 4.69) is 15.5 Å². The zero-order chi connectivity index (χ0) is 21.5. The van der Waals surface area contributed by atoms with E-state index >= 15 is 0 Å². The summed E-state index contributed by atoms with van der Waals surface area (Å²) < 4.78 is 18.7. The Bertz CT molecular complexity index is 878. The lowest BCUT2D eigenvalue weighted by molar-refractivity contribution is -0.126. The van der Waals surface area contributed by atoms with Gasteiger partial charge in [-0.2, -0.15) is 0 Å². The van der Waals surface area contributed by atoms with Crippen molar-refractivity contribution in [3.63, 3.8) is 0 Å². The van der Waals surface area contributed by atoms with E-state index in [-0.39, 0.29) is 23.5 Å². The van der Waals surface area contributed by atoms with E-state index in [0.717, 1.165) is 17.0 Å². The Labute approximate surface area is 176 Å². The first-order valence-corrected chi connectivity index (χ1v) is 10.1. The van der Waals surface area contributed by atoms with Gasteiger partial charge in [-0.1, -0.05) is 12.1 Å². The molecule has 30 heavy (non-hydrogen) atoms. The number of rotatable bonds is 7. The van der Waals surface area contributed by atoms with Gasteiger partial charge >= 0.3 is 0 Å². The normalized spacial score (nSPS) is 14.9. The van der Waals surface area contributed by atoms with Gasteiger partial charge in [-0.3, -0.25) is 14.5 Å². The van der Waals surface area contributed by atoms with Crippen molar-refractivity contribution in [1.29, 1.82) is 0 Å². The highest BCUT2D eigenvalue weighted by Crippen LogP contribution is 2.19. The molecule has 0 radical (unpaired) electrons. The van der Waals surface area contributed by atoms with Gasteiger partial charge in [-0.15, -0.1) is 0 Å². The molecule has 1 saturated heterocycles. The second kappa shape index (κ2) is 10.2. The van der Waals surface area contributed by atoms with E-state index in [0.29, 0.717) is 44.6 Å². The molecule has 3 rings (SSSR count). The second-order valence-electron chi connectivity index (χ2n) is 7.63. The van der Waals surface area contributed by atoms with Gasteiger partial charge in [0.25, 0.3) is 0 Å². The predicted molar refractivity (Wildman–Crippen MR) is 114 cm³/mol. The van der Waals surface area contributed by atoms with E-state index < -0.39 is 0 Å². The van der Waals surface area contributed by atoms with Crippen molar-refractivity contribution in [2.24, 2.45) is 5.92 Å². The summed E-state index contributed by atoms with van der Waals surface area (Å²) in [5, 5.41) is 5.77. The molecular weight excluding hydrogens is 385 g/mol. The minimum Gasteiger partial charge on any atom is -0.497 e. The standard InChI is InChI=1S/C23H28FN3O3/c1-16-3-4-17(13-21(16)24)14-25-23(29)18-9-11-27(12-10-18)15-22(28)26-19-5-7-20(30-2)8-6-19/h3-8,13,18H,9-12,14-15H2,1-2H3,(H,25,29)(H,26,28). The Morgan fingerprint density at radius 1 is 1.13 bits per heavy atom. The molecule has 0 spiro atoms. The fourth-order valence-electron chi connectivity index (χ4n) is 3.51. The zero-order valence-electron chi connectivity index (χ0n) is 17.4. The van der Waals surface area contributed by atoms with Crippen LogP contribution in [0.3, 0.4) is 0 Å². The molecule has 7 heteroatoms. The lowest BCUT2D eigenvalue weighted by Gasteiger charge is -2.30. The van der Waals surface area contributed by atoms with Crippen molar-refractivity contribution in [3.8, 4) is 5.75 Å². The number of halogens is 1. The summed E-state index contributed by atoms with van der Waals surface area (Å²) in [5.74, 6) is 0.299. The van der Waals surface area contributed by atoms with Crippen LogP contribution < -0.4 is 15.4 Å². The number of likely N-dealkylation sites (tertiary alicyclic amines) is 1. The zero-order valence-corrected chi connectivity index (χ0v) is 17.4. The van der Waals surface area contributed by atoms with Gasteiger partial charge in [0.15, 0.2) is 0 Å². The van der Waals surface area contributed by atoms with E-state index in [4.69, 9.17) is 4.74 Å². The molecule has 0 saturated carbocycles. The van der Waals surface area contributed by atoms with Crippen LogP contribution in [0.4, 0.5) is 10.1 Å². The van der Waals surface area contributed by atoms with Crippen LogP contribution in [0.1, 0.15) is 24.0 Å². The number of ether oxygens (including phenoxy) is 1. The molecule has 0 aromatic heterocycles. The maximum atomic E-state index is 13.6. The van der Waals surface area contributed by atoms with E-state index in [1.54, 1.807) is 44.4 Å². The smallest absolute Gasteiger partial charge is 0.238 e. The molecule has 1 aliphatic heterocycles. The number of carbonyl (C=O) groups excluding carboxylic acids is 2. The largest absolute Gasteiger partial charge is 0.497 e. The fourth-order valence-corrected chi connectivity index (χ4v) is 3.51. The first-order chi connectivity index (χ1) is 14.4. The molecule has 6 nitrogen and oxygen atoms in total. The SMILES string of the molecule is COc1ccc(NC(=O)CN2CCC(C(=O)NCc3ccc(C)c(F)c3)CC2)cc1. The summed E-state index contributed by atoms with van der Waals surface area (Å²) in [4.78, 5) is 26.8. The summed E-state index contributed by atoms with van der Waals surface area (Å²) >= 11 is 0. The van der Waals surface area contributed by atoms with Crippen molar-refractivity contribution in [2.45, 2.75) is 26.3 Å². The number of benzene rings is 2. The third-order valence-corrected chi connectivity index (χ3v) is 5.40. The predicted octanol–water partition coefficient (Wildman–Crippen LogP) is 3.11. The number of methoxy groups -OCH3 is 1. The monoisotopic (exact) mass is 413 g/mol. The Hall–Kier alpha value is -2.93. The molecule has 0 aliphatic carbocycles. The molecule has 160 valence electrons. The molecular formula is C23H28FN3O3. The highest BCUT2D eigenvalue weighted by atomic mass is 19.1. The quantitative estimate of drug-likeness (QED) is 0.732. The molecule has 1 heterocycles. The summed E-state index contributed by atoms with van der Waals surface area (Å²) in [6, 6.07) is 12.2. The third kappa shape index (κ3) is 6.03. The van der Waals surface area contributed by atoms with Crippen molar-refractivity contribution in [1.82, 2.24) is 10.2 Å². The van der Waals surface area contributed by atoms with Crippen LogP contribution in [0.5, 0.6) is 5.75 Å². The Kier molecular flexibility index (Phi) is 7.41. The number of aryl methyl sites for hydroxylation is 1. The molecule has 0 atom stereocenters. The maximum Gasteiger partial charge on any atom is 0.238 e. The number of hydrogen-bond acceptors (Lipinski definition) is 4.